The molecular weight excluding hydrogens is 340 g/mol. The van der Waals surface area contributed by atoms with Gasteiger partial charge in [0.05, 0.1) is 6.10 Å². The second-order valence-corrected chi connectivity index (χ2v) is 14.5. The average Bonchev–Trinajstić information content (AvgIpc) is 2.71. The zero-order valence-corrected chi connectivity index (χ0v) is 19.3. The molecule has 0 spiro atoms. The molecule has 148 valence electrons. The lowest BCUT2D eigenvalue weighted by Crippen LogP contribution is -2.53. The Morgan fingerprint density at radius 2 is 1.88 bits per heavy atom. The smallest absolute Gasteiger partial charge is 0.304 e. The minimum Gasteiger partial charge on any atom is -0.445 e. The van der Waals surface area contributed by atoms with E-state index in [2.05, 4.69) is 66.6 Å². The Morgan fingerprint density at radius 1 is 1.31 bits per heavy atom. The molecule has 0 aromatic rings. The molecule has 0 saturated heterocycles. The van der Waals surface area contributed by atoms with Gasteiger partial charge in [-0.25, -0.2) is 0 Å². The highest BCUT2D eigenvalue weighted by Crippen LogP contribution is 2.54. The van der Waals surface area contributed by atoms with E-state index in [0.29, 0.717) is 6.42 Å². The summed E-state index contributed by atoms with van der Waals surface area (Å²) in [6.07, 6.45) is 11.4. The summed E-state index contributed by atoms with van der Waals surface area (Å²) in [7, 11) is -1.96. The minimum absolute atomic E-state index is 0.00403. The van der Waals surface area contributed by atoms with Gasteiger partial charge in [0.25, 0.3) is 0 Å². The maximum atomic E-state index is 11.8. The summed E-state index contributed by atoms with van der Waals surface area (Å²) < 4.78 is 12.6. The van der Waals surface area contributed by atoms with E-state index in [-0.39, 0.29) is 17.1 Å². The summed E-state index contributed by atoms with van der Waals surface area (Å²) in [4.78, 5) is 11.8. The predicted octanol–water partition coefficient (Wildman–Crippen LogP) is 5.86. The largest absolute Gasteiger partial charge is 0.445 e. The maximum Gasteiger partial charge on any atom is 0.304 e. The van der Waals surface area contributed by atoms with Gasteiger partial charge in [-0.1, -0.05) is 45.3 Å². The van der Waals surface area contributed by atoms with Crippen molar-refractivity contribution in [2.75, 3.05) is 0 Å². The van der Waals surface area contributed by atoms with Gasteiger partial charge < -0.3 is 9.16 Å². The number of terminal acetylenes is 1. The highest BCUT2D eigenvalue weighted by molar-refractivity contribution is 6.74. The number of hydrogen-bond donors (Lipinski definition) is 0. The fourth-order valence-electron chi connectivity index (χ4n) is 3.62. The average molecular weight is 379 g/mol. The zero-order chi connectivity index (χ0) is 20.4. The Kier molecular flexibility index (Phi) is 6.99. The van der Waals surface area contributed by atoms with Crippen molar-refractivity contribution in [3.05, 3.63) is 11.6 Å². The Hall–Kier alpha value is -1.05. The van der Waals surface area contributed by atoms with E-state index in [1.54, 1.807) is 0 Å². The van der Waals surface area contributed by atoms with Crippen LogP contribution in [-0.2, 0) is 14.0 Å². The van der Waals surface area contributed by atoms with Crippen molar-refractivity contribution >= 4 is 14.3 Å². The highest BCUT2D eigenvalue weighted by atomic mass is 28.4. The first kappa shape index (κ1) is 23.0. The normalized spacial score (nSPS) is 29.2. The number of rotatable bonds is 6. The second-order valence-electron chi connectivity index (χ2n) is 9.71. The van der Waals surface area contributed by atoms with Crippen LogP contribution in [0.1, 0.15) is 74.1 Å². The molecule has 1 aliphatic carbocycles. The predicted molar refractivity (Wildman–Crippen MR) is 111 cm³/mol. The summed E-state index contributed by atoms with van der Waals surface area (Å²) in [5.74, 6) is 2.55. The van der Waals surface area contributed by atoms with Crippen molar-refractivity contribution in [1.29, 1.82) is 0 Å². The topological polar surface area (TPSA) is 35.5 Å². The molecule has 0 heterocycles. The van der Waals surface area contributed by atoms with E-state index >= 15 is 0 Å². The Morgan fingerprint density at radius 3 is 2.31 bits per heavy atom. The number of carbonyl (C=O) groups excluding carboxylic acids is 1. The van der Waals surface area contributed by atoms with E-state index in [0.717, 1.165) is 19.3 Å². The van der Waals surface area contributed by atoms with Gasteiger partial charge in [-0.05, 0) is 51.2 Å². The molecule has 3 atom stereocenters. The molecule has 0 N–H and O–H groups in total. The van der Waals surface area contributed by atoms with Crippen molar-refractivity contribution in [1.82, 2.24) is 0 Å². The minimum atomic E-state index is -1.96. The van der Waals surface area contributed by atoms with Crippen LogP contribution in [0.15, 0.2) is 11.6 Å². The van der Waals surface area contributed by atoms with Gasteiger partial charge in [0.15, 0.2) is 13.9 Å². The molecule has 1 saturated carbocycles. The quantitative estimate of drug-likeness (QED) is 0.251. The molecule has 0 bridgehead atoms. The standard InChI is InChI=1S/C22H38O3Si/c1-11-22(24-18(4)23)16-14-19(25-26(9,10)20(5,6)7)21(22,8)15-12-13-17(2)3/h1,13,19H,12,14-16H2,2-10H3/t19-,21+,22-/m0/s1. The van der Waals surface area contributed by atoms with Gasteiger partial charge in [-0.2, -0.15) is 0 Å². The van der Waals surface area contributed by atoms with Crippen molar-refractivity contribution in [2.24, 2.45) is 5.41 Å². The SMILES string of the molecule is C#C[C@]1(OC(C)=O)CC[C@H](O[Si](C)(C)C(C)(C)C)[C@@]1(C)CCC=C(C)C. The molecule has 3 nitrogen and oxygen atoms in total. The van der Waals surface area contributed by atoms with Gasteiger partial charge in [-0.15, -0.1) is 6.42 Å². The highest BCUT2D eigenvalue weighted by Gasteiger charge is 2.60. The molecule has 4 heteroatoms. The van der Waals surface area contributed by atoms with Gasteiger partial charge in [-0.3, -0.25) is 4.79 Å². The van der Waals surface area contributed by atoms with Crippen molar-refractivity contribution in [3.63, 3.8) is 0 Å². The van der Waals surface area contributed by atoms with Crippen LogP contribution in [0.3, 0.4) is 0 Å². The van der Waals surface area contributed by atoms with E-state index in [9.17, 15) is 4.79 Å². The fourth-order valence-corrected chi connectivity index (χ4v) is 5.07. The van der Waals surface area contributed by atoms with Crippen molar-refractivity contribution in [2.45, 2.75) is 104 Å². The third-order valence-corrected chi connectivity index (χ3v) is 10.9. The molecule has 1 aliphatic rings. The van der Waals surface area contributed by atoms with Crippen molar-refractivity contribution < 1.29 is 14.0 Å². The summed E-state index contributed by atoms with van der Waals surface area (Å²) in [6, 6.07) is 0. The third-order valence-electron chi connectivity index (χ3n) is 6.40. The van der Waals surface area contributed by atoms with E-state index < -0.39 is 19.3 Å². The van der Waals surface area contributed by atoms with Gasteiger partial charge in [0.2, 0.25) is 0 Å². The molecule has 1 fully saturated rings. The molecule has 0 aromatic heterocycles. The summed E-state index contributed by atoms with van der Waals surface area (Å²) in [6.45, 7) is 19.1. The second kappa shape index (κ2) is 7.90. The Bertz CT molecular complexity index is 589. The van der Waals surface area contributed by atoms with Gasteiger partial charge in [0.1, 0.15) is 0 Å². The van der Waals surface area contributed by atoms with Crippen LogP contribution in [0.25, 0.3) is 0 Å². The van der Waals surface area contributed by atoms with Crippen LogP contribution < -0.4 is 0 Å². The van der Waals surface area contributed by atoms with Gasteiger partial charge in [0, 0.05) is 18.8 Å². The Balaban J connectivity index is 3.27. The number of carbonyl (C=O) groups is 1. The van der Waals surface area contributed by atoms with Gasteiger partial charge >= 0.3 is 5.97 Å². The Labute approximate surface area is 162 Å². The molecule has 0 radical (unpaired) electrons. The molecule has 0 aromatic carbocycles. The lowest BCUT2D eigenvalue weighted by Gasteiger charge is -2.46. The van der Waals surface area contributed by atoms with E-state index in [1.807, 2.05) is 0 Å². The van der Waals surface area contributed by atoms with E-state index in [1.165, 1.54) is 12.5 Å². The lowest BCUT2D eigenvalue weighted by molar-refractivity contribution is -0.163. The molecule has 0 unspecified atom stereocenters. The van der Waals surface area contributed by atoms with Crippen LogP contribution in [0.5, 0.6) is 0 Å². The van der Waals surface area contributed by atoms with Crippen LogP contribution in [0.4, 0.5) is 0 Å². The summed E-state index contributed by atoms with van der Waals surface area (Å²) >= 11 is 0. The third kappa shape index (κ3) is 4.61. The summed E-state index contributed by atoms with van der Waals surface area (Å²) in [5, 5.41) is 0.122. The van der Waals surface area contributed by atoms with Crippen LogP contribution in [-0.4, -0.2) is 26.0 Å². The number of esters is 1. The maximum absolute atomic E-state index is 11.8. The first-order valence-corrected chi connectivity index (χ1v) is 12.6. The first-order chi connectivity index (χ1) is 11.7. The fraction of sp³-hybridized carbons (Fsp3) is 0.773. The van der Waals surface area contributed by atoms with Crippen LogP contribution in [0.2, 0.25) is 18.1 Å². The summed E-state index contributed by atoms with van der Waals surface area (Å²) in [5.41, 5.74) is 0.00299. The molecule has 1 rings (SSSR count). The van der Waals surface area contributed by atoms with Crippen molar-refractivity contribution in [3.8, 4) is 12.3 Å². The van der Waals surface area contributed by atoms with E-state index in [4.69, 9.17) is 15.6 Å². The van der Waals surface area contributed by atoms with Crippen LogP contribution in [0, 0.1) is 17.8 Å². The molecule has 0 amide bonds. The molecule has 26 heavy (non-hydrogen) atoms. The number of hydrogen-bond acceptors (Lipinski definition) is 3. The number of allylic oxidation sites excluding steroid dienone is 2. The lowest BCUT2D eigenvalue weighted by atomic mass is 9.71. The molecular formula is C22H38O3Si. The first-order valence-electron chi connectivity index (χ1n) is 9.69. The molecule has 0 aliphatic heterocycles. The number of ether oxygens (including phenoxy) is 1. The monoisotopic (exact) mass is 378 g/mol. The van der Waals surface area contributed by atoms with Crippen LogP contribution >= 0.6 is 0 Å². The zero-order valence-electron chi connectivity index (χ0n) is 18.3.